The Labute approximate surface area is 189 Å². The molecular formula is C20H32IN5OS. The van der Waals surface area contributed by atoms with E-state index >= 15 is 0 Å². The van der Waals surface area contributed by atoms with Gasteiger partial charge in [-0.25, -0.2) is 4.98 Å². The first-order valence-electron chi connectivity index (χ1n) is 9.64. The molecular weight excluding hydrogens is 485 g/mol. The van der Waals surface area contributed by atoms with Crippen LogP contribution in [0.1, 0.15) is 56.2 Å². The van der Waals surface area contributed by atoms with Crippen molar-refractivity contribution in [1.82, 2.24) is 20.5 Å². The summed E-state index contributed by atoms with van der Waals surface area (Å²) >= 11 is 1.83. The van der Waals surface area contributed by atoms with Gasteiger partial charge < -0.3 is 15.1 Å². The Morgan fingerprint density at radius 1 is 1.32 bits per heavy atom. The van der Waals surface area contributed by atoms with Gasteiger partial charge in [0.2, 0.25) is 5.89 Å². The van der Waals surface area contributed by atoms with Gasteiger partial charge in [-0.05, 0) is 37.4 Å². The van der Waals surface area contributed by atoms with E-state index in [1.54, 1.807) is 7.05 Å². The van der Waals surface area contributed by atoms with Crippen LogP contribution in [0.3, 0.4) is 0 Å². The first kappa shape index (κ1) is 23.2. The lowest BCUT2D eigenvalue weighted by molar-refractivity contribution is 0.249. The molecule has 28 heavy (non-hydrogen) atoms. The molecule has 3 heterocycles. The molecule has 1 unspecified atom stereocenters. The van der Waals surface area contributed by atoms with Crippen LogP contribution in [0.5, 0.6) is 0 Å². The summed E-state index contributed by atoms with van der Waals surface area (Å²) in [6, 6.07) is 4.75. The van der Waals surface area contributed by atoms with E-state index < -0.39 is 0 Å². The zero-order valence-electron chi connectivity index (χ0n) is 17.2. The summed E-state index contributed by atoms with van der Waals surface area (Å²) in [5.41, 5.74) is -0.0329. The first-order valence-corrected chi connectivity index (χ1v) is 10.5. The number of nitrogens with one attached hydrogen (secondary N) is 2. The third-order valence-electron chi connectivity index (χ3n) is 4.84. The molecule has 3 rings (SSSR count). The van der Waals surface area contributed by atoms with Crippen molar-refractivity contribution in [3.05, 3.63) is 40.2 Å². The van der Waals surface area contributed by atoms with E-state index in [1.165, 1.54) is 30.8 Å². The standard InChI is InChI=1S/C20H31N5OS.HI/c1-20(2,3)17-13-22-18(26-17)14-24-19(21-4)23-12-15(16-8-7-11-27-16)25-9-5-6-10-25;/h7-8,11,13,15H,5-6,9-10,12,14H2,1-4H3,(H2,21,23,24);1H. The number of aliphatic imine (C=N–C) groups is 1. The van der Waals surface area contributed by atoms with Crippen molar-refractivity contribution in [2.45, 2.75) is 51.6 Å². The molecule has 0 spiro atoms. The maximum atomic E-state index is 5.85. The maximum Gasteiger partial charge on any atom is 0.213 e. The van der Waals surface area contributed by atoms with Crippen molar-refractivity contribution >= 4 is 41.3 Å². The number of likely N-dealkylation sites (tertiary alicyclic amines) is 1. The largest absolute Gasteiger partial charge is 0.443 e. The number of rotatable bonds is 6. The maximum absolute atomic E-state index is 5.85. The number of hydrogen-bond acceptors (Lipinski definition) is 5. The molecule has 2 N–H and O–H groups in total. The Morgan fingerprint density at radius 2 is 2.07 bits per heavy atom. The normalized spacial score (nSPS) is 16.6. The van der Waals surface area contributed by atoms with Crippen LogP contribution in [-0.2, 0) is 12.0 Å². The van der Waals surface area contributed by atoms with Crippen LogP contribution in [0, 0.1) is 0 Å². The third-order valence-corrected chi connectivity index (χ3v) is 5.81. The molecule has 1 atom stereocenters. The molecule has 1 fully saturated rings. The predicted molar refractivity (Wildman–Crippen MR) is 127 cm³/mol. The number of aromatic nitrogens is 1. The van der Waals surface area contributed by atoms with Gasteiger partial charge in [0.1, 0.15) is 5.76 Å². The quantitative estimate of drug-likeness (QED) is 0.343. The smallest absolute Gasteiger partial charge is 0.213 e. The van der Waals surface area contributed by atoms with Gasteiger partial charge in [-0.15, -0.1) is 35.3 Å². The molecule has 1 saturated heterocycles. The second kappa shape index (κ2) is 10.6. The molecule has 1 aliphatic rings. The Bertz CT molecular complexity index is 732. The molecule has 0 aliphatic carbocycles. The lowest BCUT2D eigenvalue weighted by Crippen LogP contribution is -2.42. The molecule has 6 nitrogen and oxygen atoms in total. The van der Waals surface area contributed by atoms with E-state index in [9.17, 15) is 0 Å². The zero-order valence-corrected chi connectivity index (χ0v) is 20.3. The second-order valence-electron chi connectivity index (χ2n) is 7.95. The first-order chi connectivity index (χ1) is 13.0. The zero-order chi connectivity index (χ0) is 19.3. The molecule has 0 saturated carbocycles. The van der Waals surface area contributed by atoms with Crippen molar-refractivity contribution in [1.29, 1.82) is 0 Å². The van der Waals surface area contributed by atoms with Crippen molar-refractivity contribution in [2.75, 3.05) is 26.7 Å². The molecule has 0 amide bonds. The summed E-state index contributed by atoms with van der Waals surface area (Å²) in [4.78, 5) is 12.7. The van der Waals surface area contributed by atoms with Crippen LogP contribution < -0.4 is 10.6 Å². The average molecular weight is 517 g/mol. The summed E-state index contributed by atoms with van der Waals surface area (Å²) in [6.07, 6.45) is 4.39. The lowest BCUT2D eigenvalue weighted by Gasteiger charge is -2.27. The van der Waals surface area contributed by atoms with E-state index in [0.717, 1.165) is 18.3 Å². The number of nitrogens with zero attached hydrogens (tertiary/aromatic N) is 3. The average Bonchev–Trinajstić information content (AvgIpc) is 3.40. The van der Waals surface area contributed by atoms with Crippen LogP contribution in [-0.4, -0.2) is 42.5 Å². The molecule has 8 heteroatoms. The van der Waals surface area contributed by atoms with Crippen molar-refractivity contribution in [3.63, 3.8) is 0 Å². The highest BCUT2D eigenvalue weighted by Crippen LogP contribution is 2.27. The minimum absolute atomic E-state index is 0. The number of halogens is 1. The predicted octanol–water partition coefficient (Wildman–Crippen LogP) is 4.15. The van der Waals surface area contributed by atoms with Crippen LogP contribution in [0.2, 0.25) is 0 Å². The number of oxazole rings is 1. The van der Waals surface area contributed by atoms with Crippen LogP contribution in [0.15, 0.2) is 33.1 Å². The van der Waals surface area contributed by atoms with E-state index in [1.807, 2.05) is 17.5 Å². The molecule has 0 aromatic carbocycles. The summed E-state index contributed by atoms with van der Waals surface area (Å²) < 4.78 is 5.85. The van der Waals surface area contributed by atoms with Gasteiger partial charge in [0.25, 0.3) is 0 Å². The van der Waals surface area contributed by atoms with Gasteiger partial charge in [-0.1, -0.05) is 26.8 Å². The number of guanidine groups is 1. The fraction of sp³-hybridized carbons (Fsp3) is 0.600. The highest BCUT2D eigenvalue weighted by atomic mass is 127. The Hall–Kier alpha value is -1.13. The van der Waals surface area contributed by atoms with Crippen molar-refractivity contribution in [2.24, 2.45) is 4.99 Å². The minimum Gasteiger partial charge on any atom is -0.443 e. The van der Waals surface area contributed by atoms with E-state index in [0.29, 0.717) is 18.5 Å². The fourth-order valence-corrected chi connectivity index (χ4v) is 4.12. The molecule has 1 aliphatic heterocycles. The molecule has 2 aromatic rings. The summed E-state index contributed by atoms with van der Waals surface area (Å²) in [5, 5.41) is 8.94. The van der Waals surface area contributed by atoms with Gasteiger partial charge >= 0.3 is 0 Å². The van der Waals surface area contributed by atoms with Crippen molar-refractivity contribution in [3.8, 4) is 0 Å². The molecule has 156 valence electrons. The topological polar surface area (TPSA) is 65.7 Å². The van der Waals surface area contributed by atoms with Crippen LogP contribution in [0.25, 0.3) is 0 Å². The van der Waals surface area contributed by atoms with Gasteiger partial charge in [0.15, 0.2) is 5.96 Å². The van der Waals surface area contributed by atoms with E-state index in [2.05, 4.69) is 63.8 Å². The van der Waals surface area contributed by atoms with Crippen molar-refractivity contribution < 1.29 is 4.42 Å². The highest BCUT2D eigenvalue weighted by Gasteiger charge is 2.24. The van der Waals surface area contributed by atoms with Crippen LogP contribution in [0.4, 0.5) is 0 Å². The van der Waals surface area contributed by atoms with Gasteiger partial charge in [-0.3, -0.25) is 9.89 Å². The lowest BCUT2D eigenvalue weighted by atomic mass is 9.94. The summed E-state index contributed by atoms with van der Waals surface area (Å²) in [5.74, 6) is 2.34. The van der Waals surface area contributed by atoms with Gasteiger partial charge in [-0.2, -0.15) is 0 Å². The molecule has 0 bridgehead atoms. The number of thiophene rings is 1. The monoisotopic (exact) mass is 517 g/mol. The van der Waals surface area contributed by atoms with E-state index in [-0.39, 0.29) is 29.4 Å². The Balaban J connectivity index is 0.00000280. The Morgan fingerprint density at radius 3 is 2.64 bits per heavy atom. The second-order valence-corrected chi connectivity index (χ2v) is 8.93. The Kier molecular flexibility index (Phi) is 8.76. The van der Waals surface area contributed by atoms with Crippen LogP contribution >= 0.6 is 35.3 Å². The summed E-state index contributed by atoms with van der Waals surface area (Å²) in [7, 11) is 1.79. The summed E-state index contributed by atoms with van der Waals surface area (Å²) in [6.45, 7) is 10.0. The molecule has 2 aromatic heterocycles. The third kappa shape index (κ3) is 6.18. The van der Waals surface area contributed by atoms with E-state index in [4.69, 9.17) is 4.42 Å². The highest BCUT2D eigenvalue weighted by molar-refractivity contribution is 14.0. The SMILES string of the molecule is CN=C(NCc1ncc(C(C)(C)C)o1)NCC(c1cccs1)N1CCCC1.I. The van der Waals surface area contributed by atoms with Gasteiger partial charge in [0.05, 0.1) is 18.8 Å². The minimum atomic E-state index is -0.0329. The van der Waals surface area contributed by atoms with Gasteiger partial charge in [0, 0.05) is 23.9 Å². The molecule has 0 radical (unpaired) electrons. The fourth-order valence-electron chi connectivity index (χ4n) is 3.26. The number of hydrogen-bond donors (Lipinski definition) is 2.